The van der Waals surface area contributed by atoms with Crippen molar-refractivity contribution in [3.8, 4) is 0 Å². The Morgan fingerprint density at radius 3 is 2.54 bits per heavy atom. The van der Waals surface area contributed by atoms with Crippen molar-refractivity contribution in [2.24, 2.45) is 0 Å². The van der Waals surface area contributed by atoms with Crippen molar-refractivity contribution < 1.29 is 14.3 Å². The van der Waals surface area contributed by atoms with E-state index < -0.39 is 12.1 Å². The van der Waals surface area contributed by atoms with Crippen molar-refractivity contribution in [1.82, 2.24) is 4.98 Å². The molecule has 4 rings (SSSR count). The number of nitrogens with one attached hydrogen (secondary N) is 1. The van der Waals surface area contributed by atoms with Gasteiger partial charge in [-0.1, -0.05) is 54.6 Å². The number of hydrogen-bond donors (Lipinski definition) is 1. The van der Waals surface area contributed by atoms with Crippen LogP contribution in [-0.2, 0) is 9.53 Å². The van der Waals surface area contributed by atoms with Gasteiger partial charge in [-0.15, -0.1) is 11.3 Å². The largest absolute Gasteiger partial charge is 0.446 e. The number of hydrogen-bond acceptors (Lipinski definition) is 4. The third kappa shape index (κ3) is 3.80. The molecule has 2 aromatic carbocycles. The number of H-pyrrole nitrogens is 1. The Morgan fingerprint density at radius 2 is 1.75 bits per heavy atom. The first-order valence-corrected chi connectivity index (χ1v) is 9.68. The molecule has 0 aliphatic rings. The number of thiophene rings is 1. The topological polar surface area (TPSA) is 59.2 Å². The number of ketones is 1. The molecule has 4 nitrogen and oxygen atoms in total. The summed E-state index contributed by atoms with van der Waals surface area (Å²) in [6.45, 7) is 0. The molecule has 2 aromatic heterocycles. The monoisotopic (exact) mass is 387 g/mol. The number of aromatic nitrogens is 1. The van der Waals surface area contributed by atoms with Gasteiger partial charge in [0.2, 0.25) is 5.78 Å². The first kappa shape index (κ1) is 17.9. The molecule has 0 amide bonds. The zero-order chi connectivity index (χ0) is 19.3. The second-order valence-corrected chi connectivity index (χ2v) is 7.17. The molecule has 0 unspecified atom stereocenters. The van der Waals surface area contributed by atoms with Crippen LogP contribution < -0.4 is 0 Å². The minimum Gasteiger partial charge on any atom is -0.446 e. The normalized spacial score (nSPS) is 12.3. The van der Waals surface area contributed by atoms with E-state index in [1.54, 1.807) is 24.4 Å². The Kier molecular flexibility index (Phi) is 5.17. The van der Waals surface area contributed by atoms with Crippen LogP contribution in [0.4, 0.5) is 0 Å². The van der Waals surface area contributed by atoms with Gasteiger partial charge in [0.05, 0.1) is 0 Å². The summed E-state index contributed by atoms with van der Waals surface area (Å²) in [6.07, 6.45) is 3.69. The summed E-state index contributed by atoms with van der Waals surface area (Å²) < 4.78 is 5.58. The molecular weight excluding hydrogens is 370 g/mol. The number of carbonyl (C=O) groups excluding carboxylic acids is 2. The fourth-order valence-electron chi connectivity index (χ4n) is 3.01. The van der Waals surface area contributed by atoms with Crippen molar-refractivity contribution in [3.63, 3.8) is 0 Å². The van der Waals surface area contributed by atoms with Crippen LogP contribution in [0.1, 0.15) is 26.9 Å². The molecule has 2 heterocycles. The molecule has 4 aromatic rings. The summed E-state index contributed by atoms with van der Waals surface area (Å²) in [5.74, 6) is -0.822. The zero-order valence-corrected chi connectivity index (χ0v) is 15.7. The minimum absolute atomic E-state index is 0.262. The second kappa shape index (κ2) is 8.06. The number of aromatic amines is 1. The van der Waals surface area contributed by atoms with Crippen LogP contribution in [0.5, 0.6) is 0 Å². The number of benzene rings is 2. The van der Waals surface area contributed by atoms with Gasteiger partial charge in [0, 0.05) is 39.2 Å². The smallest absolute Gasteiger partial charge is 0.331 e. The molecule has 0 aliphatic heterocycles. The van der Waals surface area contributed by atoms with Crippen molar-refractivity contribution in [2.45, 2.75) is 6.10 Å². The number of rotatable bonds is 6. The van der Waals surface area contributed by atoms with Gasteiger partial charge in [-0.25, -0.2) is 4.79 Å². The predicted octanol–water partition coefficient (Wildman–Crippen LogP) is 5.41. The van der Waals surface area contributed by atoms with E-state index in [0.717, 1.165) is 15.8 Å². The molecule has 1 N–H and O–H groups in total. The Labute approximate surface area is 166 Å². The standard InChI is InChI=1S/C23H17NO3S/c25-21(13-12-17-9-6-14-28-17)27-23(16-7-2-1-3-8-16)22(26)19-15-24-20-11-5-4-10-18(19)20/h1-15,23-24H/b13-12+/t23-/m0/s1. The SMILES string of the molecule is O=C(/C=C/c1cccs1)O[C@H](C(=O)c1c[nH]c2ccccc12)c1ccccc1. The van der Waals surface area contributed by atoms with E-state index in [1.165, 1.54) is 17.4 Å². The molecule has 0 saturated heterocycles. The minimum atomic E-state index is -1.01. The molecule has 138 valence electrons. The van der Waals surface area contributed by atoms with Gasteiger partial charge in [-0.3, -0.25) is 4.79 Å². The van der Waals surface area contributed by atoms with Crippen LogP contribution in [0.25, 0.3) is 17.0 Å². The molecule has 0 saturated carbocycles. The highest BCUT2D eigenvalue weighted by Gasteiger charge is 2.27. The first-order chi connectivity index (χ1) is 13.7. The van der Waals surface area contributed by atoms with Gasteiger partial charge in [0.1, 0.15) is 0 Å². The summed E-state index contributed by atoms with van der Waals surface area (Å²) in [5.41, 5.74) is 2.00. The fraction of sp³-hybridized carbons (Fsp3) is 0.0435. The average molecular weight is 387 g/mol. The molecule has 28 heavy (non-hydrogen) atoms. The lowest BCUT2D eigenvalue weighted by Crippen LogP contribution is -2.19. The van der Waals surface area contributed by atoms with Crippen LogP contribution in [0, 0.1) is 0 Å². The van der Waals surface area contributed by atoms with E-state index >= 15 is 0 Å². The van der Waals surface area contributed by atoms with Gasteiger partial charge in [0.25, 0.3) is 0 Å². The molecular formula is C23H17NO3S. The highest BCUT2D eigenvalue weighted by molar-refractivity contribution is 7.10. The fourth-order valence-corrected chi connectivity index (χ4v) is 3.63. The van der Waals surface area contributed by atoms with Gasteiger partial charge in [-0.2, -0.15) is 0 Å². The Balaban J connectivity index is 1.64. The van der Waals surface area contributed by atoms with E-state index in [0.29, 0.717) is 11.1 Å². The Hall–Kier alpha value is -3.44. The van der Waals surface area contributed by atoms with E-state index in [1.807, 2.05) is 60.0 Å². The lowest BCUT2D eigenvalue weighted by molar-refractivity contribution is -0.141. The van der Waals surface area contributed by atoms with Crippen LogP contribution in [0.15, 0.2) is 84.4 Å². The molecule has 0 aliphatic carbocycles. The van der Waals surface area contributed by atoms with Crippen LogP contribution in [0.3, 0.4) is 0 Å². The van der Waals surface area contributed by atoms with Gasteiger partial charge < -0.3 is 9.72 Å². The highest BCUT2D eigenvalue weighted by atomic mass is 32.1. The summed E-state index contributed by atoms with van der Waals surface area (Å²) in [7, 11) is 0. The zero-order valence-electron chi connectivity index (χ0n) is 14.9. The van der Waals surface area contributed by atoms with Crippen molar-refractivity contribution in [1.29, 1.82) is 0 Å². The molecule has 0 radical (unpaired) electrons. The van der Waals surface area contributed by atoms with Crippen molar-refractivity contribution in [2.75, 3.05) is 0 Å². The molecule has 0 spiro atoms. The molecule has 1 atom stereocenters. The maximum atomic E-state index is 13.3. The third-order valence-electron chi connectivity index (χ3n) is 4.36. The number of para-hydroxylation sites is 1. The van der Waals surface area contributed by atoms with Gasteiger partial charge >= 0.3 is 5.97 Å². The third-order valence-corrected chi connectivity index (χ3v) is 5.19. The first-order valence-electron chi connectivity index (χ1n) is 8.80. The van der Waals surface area contributed by atoms with E-state index in [4.69, 9.17) is 4.74 Å². The Bertz CT molecular complexity index is 1130. The number of ether oxygens (including phenoxy) is 1. The summed E-state index contributed by atoms with van der Waals surface area (Å²) in [4.78, 5) is 29.7. The maximum absolute atomic E-state index is 13.3. The number of esters is 1. The van der Waals surface area contributed by atoms with Crippen molar-refractivity contribution >= 4 is 40.1 Å². The van der Waals surface area contributed by atoms with Crippen LogP contribution >= 0.6 is 11.3 Å². The van der Waals surface area contributed by atoms with Crippen LogP contribution in [0.2, 0.25) is 0 Å². The summed E-state index contributed by atoms with van der Waals surface area (Å²) in [6, 6.07) is 20.4. The molecule has 0 bridgehead atoms. The molecule has 5 heteroatoms. The quantitative estimate of drug-likeness (QED) is 0.273. The number of Topliss-reactive ketones (excluding diaryl/α,β-unsaturated/α-hetero) is 1. The predicted molar refractivity (Wildman–Crippen MR) is 111 cm³/mol. The summed E-state index contributed by atoms with van der Waals surface area (Å²) in [5, 5.41) is 2.73. The van der Waals surface area contributed by atoms with Gasteiger partial charge in [-0.05, 0) is 23.6 Å². The number of fused-ring (bicyclic) bond motifs is 1. The van der Waals surface area contributed by atoms with Crippen LogP contribution in [-0.4, -0.2) is 16.7 Å². The summed E-state index contributed by atoms with van der Waals surface area (Å²) >= 11 is 1.52. The second-order valence-electron chi connectivity index (χ2n) is 6.19. The van der Waals surface area contributed by atoms with E-state index in [2.05, 4.69) is 4.98 Å². The number of carbonyl (C=O) groups is 2. The van der Waals surface area contributed by atoms with E-state index in [-0.39, 0.29) is 5.78 Å². The lowest BCUT2D eigenvalue weighted by atomic mass is 9.99. The molecule has 0 fully saturated rings. The van der Waals surface area contributed by atoms with Crippen molar-refractivity contribution in [3.05, 3.63) is 100 Å². The van der Waals surface area contributed by atoms with Gasteiger partial charge in [0.15, 0.2) is 6.10 Å². The Morgan fingerprint density at radius 1 is 0.964 bits per heavy atom. The lowest BCUT2D eigenvalue weighted by Gasteiger charge is -2.16. The highest BCUT2D eigenvalue weighted by Crippen LogP contribution is 2.27. The maximum Gasteiger partial charge on any atom is 0.331 e. The van der Waals surface area contributed by atoms with E-state index in [9.17, 15) is 9.59 Å². The average Bonchev–Trinajstić information content (AvgIpc) is 3.40.